The first-order valence-corrected chi connectivity index (χ1v) is 9.44. The molecule has 1 heterocycles. The molecule has 2 rings (SSSR count). The molecule has 1 aromatic heterocycles. The molecule has 1 aromatic carbocycles. The van der Waals surface area contributed by atoms with Gasteiger partial charge < -0.3 is 5.32 Å². The maximum atomic E-state index is 4.65. The second kappa shape index (κ2) is 10.8. The standard InChI is InChI=1S/C21H31N3.H2/c1-3-4-5-6-7-8-9-13-16-22-20-17-18(2)23-21(24-20)19-14-11-10-12-15-19;/h10-12,14-15,17H,3-9,13,16H2,1-2H3,(H,22,23,24);1H. The summed E-state index contributed by atoms with van der Waals surface area (Å²) in [4.78, 5) is 9.20. The molecule has 24 heavy (non-hydrogen) atoms. The first-order valence-electron chi connectivity index (χ1n) is 9.44. The molecule has 0 aliphatic carbocycles. The molecule has 0 aliphatic rings. The Morgan fingerprint density at radius 2 is 1.54 bits per heavy atom. The van der Waals surface area contributed by atoms with Crippen LogP contribution in [0.2, 0.25) is 0 Å². The Balaban J connectivity index is 0.00000312. The van der Waals surface area contributed by atoms with E-state index in [0.29, 0.717) is 0 Å². The third-order valence-corrected chi connectivity index (χ3v) is 4.22. The van der Waals surface area contributed by atoms with E-state index in [9.17, 15) is 0 Å². The number of hydrogen-bond acceptors (Lipinski definition) is 3. The van der Waals surface area contributed by atoms with Gasteiger partial charge >= 0.3 is 0 Å². The van der Waals surface area contributed by atoms with E-state index in [-0.39, 0.29) is 1.43 Å². The van der Waals surface area contributed by atoms with Gasteiger partial charge in [0.2, 0.25) is 0 Å². The van der Waals surface area contributed by atoms with E-state index in [1.165, 1.54) is 51.4 Å². The van der Waals surface area contributed by atoms with Gasteiger partial charge in [-0.05, 0) is 13.3 Å². The number of nitrogens with zero attached hydrogens (tertiary/aromatic N) is 2. The Bertz CT molecular complexity index is 587. The summed E-state index contributed by atoms with van der Waals surface area (Å²) in [5.41, 5.74) is 2.07. The van der Waals surface area contributed by atoms with Gasteiger partial charge in [-0.15, -0.1) is 0 Å². The molecule has 3 heteroatoms. The van der Waals surface area contributed by atoms with Crippen molar-refractivity contribution in [1.82, 2.24) is 9.97 Å². The summed E-state index contributed by atoms with van der Waals surface area (Å²) in [6.45, 7) is 5.28. The minimum Gasteiger partial charge on any atom is -0.370 e. The maximum absolute atomic E-state index is 4.65. The Kier molecular flexibility index (Phi) is 8.29. The fraction of sp³-hybridized carbons (Fsp3) is 0.524. The van der Waals surface area contributed by atoms with Gasteiger partial charge in [0.25, 0.3) is 0 Å². The lowest BCUT2D eigenvalue weighted by Crippen LogP contribution is -2.05. The highest BCUT2D eigenvalue weighted by atomic mass is 15.0. The molecule has 3 nitrogen and oxygen atoms in total. The molecule has 0 unspecified atom stereocenters. The van der Waals surface area contributed by atoms with Crippen LogP contribution in [-0.4, -0.2) is 16.5 Å². The summed E-state index contributed by atoms with van der Waals surface area (Å²) in [6, 6.07) is 12.2. The minimum absolute atomic E-state index is 0. The normalized spacial score (nSPS) is 10.8. The predicted octanol–water partition coefficient (Wildman–Crippen LogP) is 6.25. The van der Waals surface area contributed by atoms with Gasteiger partial charge in [-0.1, -0.05) is 82.2 Å². The van der Waals surface area contributed by atoms with Gasteiger partial charge in [0, 0.05) is 25.3 Å². The van der Waals surface area contributed by atoms with E-state index in [0.717, 1.165) is 29.4 Å². The number of hydrogen-bond donors (Lipinski definition) is 1. The third-order valence-electron chi connectivity index (χ3n) is 4.22. The lowest BCUT2D eigenvalue weighted by atomic mass is 10.1. The van der Waals surface area contributed by atoms with E-state index < -0.39 is 0 Å². The summed E-state index contributed by atoms with van der Waals surface area (Å²) >= 11 is 0. The number of anilines is 1. The average Bonchev–Trinajstić information content (AvgIpc) is 2.60. The van der Waals surface area contributed by atoms with Gasteiger partial charge in [0.1, 0.15) is 5.82 Å². The Hall–Kier alpha value is -1.90. The summed E-state index contributed by atoms with van der Waals surface area (Å²) < 4.78 is 0. The van der Waals surface area contributed by atoms with Gasteiger partial charge in [-0.3, -0.25) is 0 Å². The van der Waals surface area contributed by atoms with Gasteiger partial charge in [0.05, 0.1) is 0 Å². The zero-order valence-electron chi connectivity index (χ0n) is 15.2. The molecule has 0 radical (unpaired) electrons. The second-order valence-electron chi connectivity index (χ2n) is 6.49. The van der Waals surface area contributed by atoms with Crippen molar-refractivity contribution in [2.45, 2.75) is 65.2 Å². The van der Waals surface area contributed by atoms with Crippen molar-refractivity contribution in [1.29, 1.82) is 0 Å². The topological polar surface area (TPSA) is 37.8 Å². The van der Waals surface area contributed by atoms with E-state index in [4.69, 9.17) is 0 Å². The molecule has 0 saturated carbocycles. The van der Waals surface area contributed by atoms with Crippen molar-refractivity contribution < 1.29 is 1.43 Å². The molecule has 0 fully saturated rings. The highest BCUT2D eigenvalue weighted by Crippen LogP contribution is 2.17. The Morgan fingerprint density at radius 3 is 2.25 bits per heavy atom. The van der Waals surface area contributed by atoms with Gasteiger partial charge in [-0.25, -0.2) is 9.97 Å². The smallest absolute Gasteiger partial charge is 0.161 e. The quantitative estimate of drug-likeness (QED) is 0.496. The van der Waals surface area contributed by atoms with Crippen LogP contribution in [0, 0.1) is 6.92 Å². The zero-order chi connectivity index (χ0) is 17.0. The number of rotatable bonds is 11. The fourth-order valence-electron chi connectivity index (χ4n) is 2.85. The first kappa shape index (κ1) is 18.4. The van der Waals surface area contributed by atoms with Crippen LogP contribution in [0.15, 0.2) is 36.4 Å². The molecule has 2 aromatic rings. The molecule has 0 amide bonds. The lowest BCUT2D eigenvalue weighted by Gasteiger charge is -2.09. The van der Waals surface area contributed by atoms with Gasteiger partial charge in [0.15, 0.2) is 5.82 Å². The molecule has 0 aliphatic heterocycles. The van der Waals surface area contributed by atoms with Crippen molar-refractivity contribution in [2.24, 2.45) is 0 Å². The fourth-order valence-corrected chi connectivity index (χ4v) is 2.85. The van der Waals surface area contributed by atoms with Crippen molar-refractivity contribution in [2.75, 3.05) is 11.9 Å². The molecule has 0 bridgehead atoms. The SMILES string of the molecule is CCCCCCCCCCNc1cc(C)nc(-c2ccccc2)n1.[HH]. The highest BCUT2D eigenvalue weighted by Gasteiger charge is 2.04. The number of unbranched alkanes of at least 4 members (excludes halogenated alkanes) is 7. The number of aromatic nitrogens is 2. The molecule has 132 valence electrons. The van der Waals surface area contributed by atoms with Crippen LogP contribution in [0.5, 0.6) is 0 Å². The van der Waals surface area contributed by atoms with Crippen molar-refractivity contribution in [3.8, 4) is 11.4 Å². The van der Waals surface area contributed by atoms with Crippen LogP contribution in [0.4, 0.5) is 5.82 Å². The van der Waals surface area contributed by atoms with Crippen LogP contribution >= 0.6 is 0 Å². The zero-order valence-corrected chi connectivity index (χ0v) is 15.2. The van der Waals surface area contributed by atoms with E-state index in [1.807, 2.05) is 31.2 Å². The summed E-state index contributed by atoms with van der Waals surface area (Å²) in [5, 5.41) is 3.46. The lowest BCUT2D eigenvalue weighted by molar-refractivity contribution is 0.581. The molecular formula is C21H33N3. The summed E-state index contributed by atoms with van der Waals surface area (Å²) in [7, 11) is 0. The van der Waals surface area contributed by atoms with E-state index in [2.05, 4.69) is 34.3 Å². The Labute approximate surface area is 148 Å². The molecule has 0 atom stereocenters. The van der Waals surface area contributed by atoms with Crippen LogP contribution in [0.25, 0.3) is 11.4 Å². The van der Waals surface area contributed by atoms with Crippen LogP contribution in [-0.2, 0) is 0 Å². The second-order valence-corrected chi connectivity index (χ2v) is 6.49. The highest BCUT2D eigenvalue weighted by molar-refractivity contribution is 5.57. The molecule has 0 saturated heterocycles. The van der Waals surface area contributed by atoms with Crippen LogP contribution < -0.4 is 5.32 Å². The van der Waals surface area contributed by atoms with E-state index in [1.54, 1.807) is 0 Å². The average molecular weight is 328 g/mol. The minimum atomic E-state index is 0. The monoisotopic (exact) mass is 327 g/mol. The molecule has 0 spiro atoms. The van der Waals surface area contributed by atoms with Crippen molar-refractivity contribution >= 4 is 5.82 Å². The Morgan fingerprint density at radius 1 is 0.875 bits per heavy atom. The predicted molar refractivity (Wildman–Crippen MR) is 105 cm³/mol. The van der Waals surface area contributed by atoms with E-state index >= 15 is 0 Å². The number of aryl methyl sites for hydroxylation is 1. The summed E-state index contributed by atoms with van der Waals surface area (Å²) in [6.07, 6.45) is 10.7. The third kappa shape index (κ3) is 6.69. The van der Waals surface area contributed by atoms with Crippen LogP contribution in [0.1, 0.15) is 65.4 Å². The van der Waals surface area contributed by atoms with Crippen LogP contribution in [0.3, 0.4) is 0 Å². The van der Waals surface area contributed by atoms with Crippen molar-refractivity contribution in [3.63, 3.8) is 0 Å². The molecule has 1 N–H and O–H groups in total. The first-order chi connectivity index (χ1) is 11.8. The molecular weight excluding hydrogens is 294 g/mol. The summed E-state index contributed by atoms with van der Waals surface area (Å²) in [5.74, 6) is 1.73. The van der Waals surface area contributed by atoms with Crippen molar-refractivity contribution in [3.05, 3.63) is 42.1 Å². The van der Waals surface area contributed by atoms with Gasteiger partial charge in [-0.2, -0.15) is 0 Å². The largest absolute Gasteiger partial charge is 0.370 e. The number of nitrogens with one attached hydrogen (secondary N) is 1. The maximum Gasteiger partial charge on any atom is 0.161 e. The number of benzene rings is 1.